The molecule has 0 radical (unpaired) electrons. The van der Waals surface area contributed by atoms with Crippen LogP contribution in [-0.4, -0.2) is 271 Å². The van der Waals surface area contributed by atoms with Crippen molar-refractivity contribution in [2.24, 2.45) is 0 Å². The molecule has 2 heterocycles. The zero-order valence-electron chi connectivity index (χ0n) is 29.5. The molecule has 2 rings (SSSR count). The van der Waals surface area contributed by atoms with E-state index in [1.807, 2.05) is 0 Å². The SMILES string of the molecule is OC[C@@H](O)[C@@H](O[C@@H]1O[C@H](CO)[C@H](O)[C@H](O)[C@H]1O)[C@H](O)[C@@H](O)CNCCOCCOCCNC[C@H](O)[C@@H](O)[C@H](O[C@@H]1O[C@H](CO)[C@H](O)[C@H](O)[C@H]1O)[C@H](O)CO. The fraction of sp³-hybridized carbons (Fsp3) is 1.00. The number of ether oxygens (including phenoxy) is 6. The Bertz CT molecular complexity index is 904. The number of nitrogens with one attached hydrogen (secondary N) is 2. The van der Waals surface area contributed by atoms with Crippen LogP contribution in [0.5, 0.6) is 0 Å². The first-order chi connectivity index (χ1) is 25.6. The molecule has 0 amide bonds. The van der Waals surface area contributed by atoms with Crippen molar-refractivity contribution < 1.29 is 110 Å². The third-order valence-corrected chi connectivity index (χ3v) is 8.80. The fourth-order valence-corrected chi connectivity index (χ4v) is 5.46. The highest BCUT2D eigenvalue weighted by molar-refractivity contribution is 4.93. The van der Waals surface area contributed by atoms with E-state index in [9.17, 15) is 81.7 Å². The molecular formula is C30H60N2O22. The molecule has 0 spiro atoms. The highest BCUT2D eigenvalue weighted by Crippen LogP contribution is 2.26. The van der Waals surface area contributed by atoms with Gasteiger partial charge in [-0.2, -0.15) is 0 Å². The van der Waals surface area contributed by atoms with Gasteiger partial charge in [-0.1, -0.05) is 0 Å². The second-order valence-corrected chi connectivity index (χ2v) is 12.8. The lowest BCUT2D eigenvalue weighted by atomic mass is 9.98. The molecule has 54 heavy (non-hydrogen) atoms. The van der Waals surface area contributed by atoms with E-state index in [2.05, 4.69) is 10.6 Å². The second-order valence-electron chi connectivity index (χ2n) is 12.8. The van der Waals surface area contributed by atoms with E-state index in [4.69, 9.17) is 28.4 Å². The topological polar surface area (TPSA) is 403 Å². The average molecular weight is 801 g/mol. The lowest BCUT2D eigenvalue weighted by Gasteiger charge is -2.42. The number of aliphatic hydroxyl groups is 16. The molecule has 0 bridgehead atoms. The van der Waals surface area contributed by atoms with Crippen molar-refractivity contribution in [3.63, 3.8) is 0 Å². The average Bonchev–Trinajstić information content (AvgIpc) is 3.17. The van der Waals surface area contributed by atoms with Gasteiger partial charge in [-0.05, 0) is 0 Å². The van der Waals surface area contributed by atoms with Gasteiger partial charge in [0.2, 0.25) is 0 Å². The molecule has 0 unspecified atom stereocenters. The Morgan fingerprint density at radius 2 is 0.815 bits per heavy atom. The van der Waals surface area contributed by atoms with Gasteiger partial charge in [0.05, 0.1) is 65.1 Å². The molecule has 2 saturated heterocycles. The van der Waals surface area contributed by atoms with E-state index < -0.39 is 137 Å². The summed E-state index contributed by atoms with van der Waals surface area (Å²) in [7, 11) is 0. The molecule has 18 atom stereocenters. The molecule has 322 valence electrons. The number of rotatable bonds is 27. The molecule has 0 saturated carbocycles. The monoisotopic (exact) mass is 800 g/mol. The Hall–Kier alpha value is -0.960. The quantitative estimate of drug-likeness (QED) is 0.0343. The Morgan fingerprint density at radius 1 is 0.463 bits per heavy atom. The molecular weight excluding hydrogens is 740 g/mol. The first-order valence-electron chi connectivity index (χ1n) is 17.4. The Morgan fingerprint density at radius 3 is 1.13 bits per heavy atom. The minimum atomic E-state index is -1.85. The smallest absolute Gasteiger partial charge is 0.187 e. The number of aliphatic hydroxyl groups excluding tert-OH is 16. The summed E-state index contributed by atoms with van der Waals surface area (Å²) in [6, 6.07) is 0. The van der Waals surface area contributed by atoms with Crippen LogP contribution in [0.25, 0.3) is 0 Å². The van der Waals surface area contributed by atoms with Gasteiger partial charge < -0.3 is 121 Å². The van der Waals surface area contributed by atoms with Gasteiger partial charge in [0.15, 0.2) is 12.6 Å². The fourth-order valence-electron chi connectivity index (χ4n) is 5.46. The van der Waals surface area contributed by atoms with Gasteiger partial charge in [-0.15, -0.1) is 0 Å². The molecule has 0 aliphatic carbocycles. The maximum atomic E-state index is 10.6. The molecule has 0 aromatic carbocycles. The summed E-state index contributed by atoms with van der Waals surface area (Å²) in [5.74, 6) is 0. The van der Waals surface area contributed by atoms with Crippen molar-refractivity contribution in [1.82, 2.24) is 10.6 Å². The Labute approximate surface area is 310 Å². The van der Waals surface area contributed by atoms with Crippen LogP contribution in [0.2, 0.25) is 0 Å². The van der Waals surface area contributed by atoms with Crippen LogP contribution in [0.1, 0.15) is 0 Å². The molecule has 2 aliphatic heterocycles. The highest BCUT2D eigenvalue weighted by atomic mass is 16.7. The van der Waals surface area contributed by atoms with E-state index >= 15 is 0 Å². The van der Waals surface area contributed by atoms with E-state index in [0.717, 1.165) is 0 Å². The number of hydrogen-bond acceptors (Lipinski definition) is 24. The van der Waals surface area contributed by atoms with Crippen LogP contribution >= 0.6 is 0 Å². The van der Waals surface area contributed by atoms with Gasteiger partial charge >= 0.3 is 0 Å². The van der Waals surface area contributed by atoms with Gasteiger partial charge in [-0.3, -0.25) is 0 Å². The second kappa shape index (κ2) is 25.4. The maximum absolute atomic E-state index is 10.6. The summed E-state index contributed by atoms with van der Waals surface area (Å²) in [6.07, 6.45) is -30.6. The molecule has 18 N–H and O–H groups in total. The lowest BCUT2D eigenvalue weighted by Crippen LogP contribution is -2.61. The van der Waals surface area contributed by atoms with Gasteiger partial charge in [0.25, 0.3) is 0 Å². The molecule has 0 aromatic heterocycles. The van der Waals surface area contributed by atoms with Crippen molar-refractivity contribution in [3.8, 4) is 0 Å². The summed E-state index contributed by atoms with van der Waals surface area (Å²) in [5, 5.41) is 166. The lowest BCUT2D eigenvalue weighted by molar-refractivity contribution is -0.327. The van der Waals surface area contributed by atoms with Gasteiger partial charge in [0, 0.05) is 26.2 Å². The summed E-state index contributed by atoms with van der Waals surface area (Å²) >= 11 is 0. The zero-order valence-corrected chi connectivity index (χ0v) is 29.5. The first-order valence-corrected chi connectivity index (χ1v) is 17.4. The summed E-state index contributed by atoms with van der Waals surface area (Å²) in [5.41, 5.74) is 0. The highest BCUT2D eigenvalue weighted by Gasteiger charge is 2.48. The molecule has 2 fully saturated rings. The largest absolute Gasteiger partial charge is 0.394 e. The molecule has 24 heteroatoms. The van der Waals surface area contributed by atoms with Gasteiger partial charge in [-0.25, -0.2) is 0 Å². The molecule has 24 nitrogen and oxygen atoms in total. The van der Waals surface area contributed by atoms with Crippen LogP contribution in [-0.2, 0) is 28.4 Å². The van der Waals surface area contributed by atoms with Crippen LogP contribution in [0, 0.1) is 0 Å². The first kappa shape index (κ1) is 49.2. The van der Waals surface area contributed by atoms with Crippen molar-refractivity contribution >= 4 is 0 Å². The van der Waals surface area contributed by atoms with Crippen LogP contribution in [0.15, 0.2) is 0 Å². The van der Waals surface area contributed by atoms with Gasteiger partial charge in [0.1, 0.15) is 85.5 Å². The molecule has 0 aromatic rings. The van der Waals surface area contributed by atoms with E-state index in [-0.39, 0.29) is 52.6 Å². The predicted molar refractivity (Wildman–Crippen MR) is 175 cm³/mol. The molecule has 2 aliphatic rings. The maximum Gasteiger partial charge on any atom is 0.187 e. The minimum Gasteiger partial charge on any atom is -0.394 e. The minimum absolute atomic E-state index is 0.143. The Balaban J connectivity index is 1.63. The number of hydrogen-bond donors (Lipinski definition) is 18. The normalized spacial score (nSPS) is 33.8. The summed E-state index contributed by atoms with van der Waals surface area (Å²) in [4.78, 5) is 0. The van der Waals surface area contributed by atoms with Crippen molar-refractivity contribution in [1.29, 1.82) is 0 Å². The van der Waals surface area contributed by atoms with Crippen molar-refractivity contribution in [3.05, 3.63) is 0 Å². The third kappa shape index (κ3) is 14.5. The third-order valence-electron chi connectivity index (χ3n) is 8.80. The van der Waals surface area contributed by atoms with Crippen LogP contribution in [0.4, 0.5) is 0 Å². The van der Waals surface area contributed by atoms with Crippen LogP contribution in [0.3, 0.4) is 0 Å². The van der Waals surface area contributed by atoms with E-state index in [1.54, 1.807) is 0 Å². The summed E-state index contributed by atoms with van der Waals surface area (Å²) in [6.45, 7) is -2.83. The van der Waals surface area contributed by atoms with E-state index in [0.29, 0.717) is 0 Å². The standard InChI is InChI=1S/C30H60N2O22/c33-9-15(39)27(53-29-25(47)23(45)21(43)17(11-35)51-29)19(41)13(37)7-31-1-3-49-5-6-50-4-2-32-8-14(38)20(42)28(16(40)10-34)54-30-26(48)24(46)22(44)18(12-36)52-30/h13-48H,1-12H2/t13-,14-,15+,16+,17+,18+,19+,20+,21-,22-,23-,24-,25+,26+,27+,28+,29-,30-/m0/s1. The van der Waals surface area contributed by atoms with Crippen molar-refractivity contribution in [2.75, 3.05) is 79.0 Å². The van der Waals surface area contributed by atoms with Crippen LogP contribution < -0.4 is 10.6 Å². The Kier molecular flexibility index (Phi) is 23.1. The van der Waals surface area contributed by atoms with E-state index in [1.165, 1.54) is 0 Å². The zero-order chi connectivity index (χ0) is 40.5. The predicted octanol–water partition coefficient (Wildman–Crippen LogP) is -11.3. The summed E-state index contributed by atoms with van der Waals surface area (Å²) < 4.78 is 31.9. The van der Waals surface area contributed by atoms with Crippen molar-refractivity contribution in [2.45, 2.75) is 110 Å².